The highest BCUT2D eigenvalue weighted by Crippen LogP contribution is 2.25. The smallest absolute Gasteiger partial charge is 0.498 e. The first-order valence-corrected chi connectivity index (χ1v) is 5.03. The SMILES string of the molecule is COC(=O)C([N+]#N)=C(O)c1cc2ccccc2o1. The van der Waals surface area contributed by atoms with Crippen molar-refractivity contribution in [2.45, 2.75) is 0 Å². The second kappa shape index (κ2) is 4.59. The van der Waals surface area contributed by atoms with Crippen molar-refractivity contribution in [1.82, 2.24) is 0 Å². The average Bonchev–Trinajstić information content (AvgIpc) is 2.82. The predicted octanol–water partition coefficient (Wildman–Crippen LogP) is 2.69. The maximum Gasteiger partial charge on any atom is 0.513 e. The third kappa shape index (κ3) is 1.89. The van der Waals surface area contributed by atoms with E-state index in [0.717, 1.165) is 12.5 Å². The average molecular weight is 245 g/mol. The van der Waals surface area contributed by atoms with Gasteiger partial charge in [-0.3, -0.25) is 0 Å². The Balaban J connectivity index is 2.56. The van der Waals surface area contributed by atoms with Crippen LogP contribution in [0.3, 0.4) is 0 Å². The number of hydrogen-bond donors (Lipinski definition) is 1. The van der Waals surface area contributed by atoms with Crippen LogP contribution >= 0.6 is 0 Å². The third-order valence-electron chi connectivity index (χ3n) is 2.36. The molecule has 1 aromatic heterocycles. The van der Waals surface area contributed by atoms with Crippen LogP contribution in [-0.2, 0) is 9.53 Å². The number of aliphatic hydroxyl groups is 1. The zero-order chi connectivity index (χ0) is 13.1. The van der Waals surface area contributed by atoms with Gasteiger partial charge in [0.15, 0.2) is 10.7 Å². The minimum Gasteiger partial charge on any atom is -0.498 e. The molecule has 0 aliphatic heterocycles. The molecule has 0 radical (unpaired) electrons. The molecule has 0 saturated heterocycles. The first kappa shape index (κ1) is 11.7. The number of ether oxygens (including phenoxy) is 1. The molecule has 1 aromatic carbocycles. The minimum absolute atomic E-state index is 0.0226. The molecular formula is C12H9N2O4+. The zero-order valence-corrected chi connectivity index (χ0v) is 9.45. The molecule has 1 N–H and O–H groups in total. The number of hydrogen-bond acceptors (Lipinski definition) is 5. The van der Waals surface area contributed by atoms with E-state index in [-0.39, 0.29) is 5.76 Å². The van der Waals surface area contributed by atoms with Crippen LogP contribution in [0.25, 0.3) is 21.7 Å². The Morgan fingerprint density at radius 1 is 1.44 bits per heavy atom. The number of carbonyl (C=O) groups excluding carboxylic acids is 1. The summed E-state index contributed by atoms with van der Waals surface area (Å²) in [5.74, 6) is -1.52. The van der Waals surface area contributed by atoms with Crippen molar-refractivity contribution in [2.24, 2.45) is 0 Å². The van der Waals surface area contributed by atoms with E-state index in [1.165, 1.54) is 6.07 Å². The molecule has 18 heavy (non-hydrogen) atoms. The fourth-order valence-corrected chi connectivity index (χ4v) is 1.50. The normalized spacial score (nSPS) is 11.8. The summed E-state index contributed by atoms with van der Waals surface area (Å²) in [4.78, 5) is 13.9. The molecule has 90 valence electrons. The van der Waals surface area contributed by atoms with Crippen LogP contribution in [0, 0.1) is 5.39 Å². The van der Waals surface area contributed by atoms with E-state index < -0.39 is 17.4 Å². The molecule has 0 spiro atoms. The fraction of sp³-hybridized carbons (Fsp3) is 0.0833. The van der Waals surface area contributed by atoms with Crippen LogP contribution in [0.5, 0.6) is 0 Å². The monoisotopic (exact) mass is 245 g/mol. The summed E-state index contributed by atoms with van der Waals surface area (Å²) in [6.07, 6.45) is 0. The second-order valence-corrected chi connectivity index (χ2v) is 3.44. The van der Waals surface area contributed by atoms with Gasteiger partial charge in [0, 0.05) is 5.39 Å². The Morgan fingerprint density at radius 3 is 2.78 bits per heavy atom. The highest BCUT2D eigenvalue weighted by Gasteiger charge is 2.32. The lowest BCUT2D eigenvalue weighted by molar-refractivity contribution is -0.135. The molecule has 0 aliphatic carbocycles. The van der Waals surface area contributed by atoms with Gasteiger partial charge in [0.1, 0.15) is 5.58 Å². The summed E-state index contributed by atoms with van der Waals surface area (Å²) in [5.41, 5.74) is -0.0715. The highest BCUT2D eigenvalue weighted by atomic mass is 16.5. The molecular weight excluding hydrogens is 236 g/mol. The van der Waals surface area contributed by atoms with E-state index in [2.05, 4.69) is 9.71 Å². The number of para-hydroxylation sites is 1. The molecule has 1 heterocycles. The Bertz CT molecular complexity index is 646. The number of carbonyl (C=O) groups is 1. The van der Waals surface area contributed by atoms with Gasteiger partial charge < -0.3 is 14.3 Å². The summed E-state index contributed by atoms with van der Waals surface area (Å²) in [7, 11) is 1.11. The predicted molar refractivity (Wildman–Crippen MR) is 62.9 cm³/mol. The molecule has 0 aliphatic rings. The van der Waals surface area contributed by atoms with Crippen LogP contribution in [0.1, 0.15) is 5.76 Å². The first-order valence-electron chi connectivity index (χ1n) is 5.03. The highest BCUT2D eigenvalue weighted by molar-refractivity contribution is 5.97. The lowest BCUT2D eigenvalue weighted by Crippen LogP contribution is -2.04. The summed E-state index contributed by atoms with van der Waals surface area (Å²) in [6, 6.07) is 8.59. The minimum atomic E-state index is -0.963. The van der Waals surface area contributed by atoms with Crippen LogP contribution in [0.4, 0.5) is 0 Å². The van der Waals surface area contributed by atoms with Crippen molar-refractivity contribution in [3.63, 3.8) is 0 Å². The van der Waals surface area contributed by atoms with Gasteiger partial charge in [-0.2, -0.15) is 0 Å². The van der Waals surface area contributed by atoms with Crippen molar-refractivity contribution in [3.8, 4) is 0 Å². The number of nitrogens with zero attached hydrogens (tertiary/aromatic N) is 2. The quantitative estimate of drug-likeness (QED) is 0.380. The number of furan rings is 1. The summed E-state index contributed by atoms with van der Waals surface area (Å²) < 4.78 is 9.69. The van der Waals surface area contributed by atoms with E-state index in [0.29, 0.717) is 5.58 Å². The maximum absolute atomic E-state index is 11.2. The van der Waals surface area contributed by atoms with Gasteiger partial charge in [-0.1, -0.05) is 18.2 Å². The van der Waals surface area contributed by atoms with E-state index >= 15 is 0 Å². The van der Waals surface area contributed by atoms with Gasteiger partial charge >= 0.3 is 11.7 Å². The van der Waals surface area contributed by atoms with E-state index in [1.54, 1.807) is 24.3 Å². The third-order valence-corrected chi connectivity index (χ3v) is 2.36. The first-order chi connectivity index (χ1) is 8.67. The van der Waals surface area contributed by atoms with Crippen LogP contribution in [0.15, 0.2) is 40.4 Å². The topological polar surface area (TPSA) is 87.8 Å². The van der Waals surface area contributed by atoms with Crippen molar-refractivity contribution in [3.05, 3.63) is 46.8 Å². The molecule has 0 bridgehead atoms. The molecule has 0 fully saturated rings. The standard InChI is InChI=1S/C12H8N2O4/c1-17-12(16)10(14-13)11(15)9-6-7-4-2-3-5-8(7)18-9/h2-6H,1H3/p+1. The Morgan fingerprint density at radius 2 is 2.17 bits per heavy atom. The second-order valence-electron chi connectivity index (χ2n) is 3.44. The molecule has 2 aromatic rings. The molecule has 2 rings (SSSR count). The number of fused-ring (bicyclic) bond motifs is 1. The summed E-state index contributed by atoms with van der Waals surface area (Å²) in [6.45, 7) is 0. The number of rotatable bonds is 2. The number of diazo groups is 1. The van der Waals surface area contributed by atoms with Gasteiger partial charge in [0.05, 0.1) is 7.11 Å². The van der Waals surface area contributed by atoms with E-state index in [9.17, 15) is 9.90 Å². The Labute approximate surface area is 102 Å². The van der Waals surface area contributed by atoms with E-state index in [4.69, 9.17) is 9.81 Å². The van der Waals surface area contributed by atoms with Crippen molar-refractivity contribution in [2.75, 3.05) is 7.11 Å². The number of esters is 1. The molecule has 0 unspecified atom stereocenters. The Hall–Kier alpha value is -2.81. The molecule has 0 amide bonds. The lowest BCUT2D eigenvalue weighted by Gasteiger charge is -1.91. The number of aliphatic hydroxyl groups excluding tert-OH is 1. The lowest BCUT2D eigenvalue weighted by atomic mass is 10.2. The van der Waals surface area contributed by atoms with Gasteiger partial charge in [-0.25, -0.2) is 4.79 Å². The summed E-state index contributed by atoms with van der Waals surface area (Å²) in [5, 5.41) is 19.3. The van der Waals surface area contributed by atoms with Gasteiger partial charge in [-0.15, -0.1) is 0 Å². The van der Waals surface area contributed by atoms with Gasteiger partial charge in [0.25, 0.3) is 5.76 Å². The fourth-order valence-electron chi connectivity index (χ4n) is 1.50. The van der Waals surface area contributed by atoms with Crippen molar-refractivity contribution in [1.29, 1.82) is 5.39 Å². The molecule has 6 nitrogen and oxygen atoms in total. The largest absolute Gasteiger partial charge is 0.513 e. The number of benzene rings is 1. The maximum atomic E-state index is 11.2. The molecule has 0 atom stereocenters. The van der Waals surface area contributed by atoms with Crippen molar-refractivity contribution >= 4 is 22.7 Å². The molecule has 6 heteroatoms. The van der Waals surface area contributed by atoms with Gasteiger partial charge in [0.2, 0.25) is 5.39 Å². The van der Waals surface area contributed by atoms with Crippen LogP contribution in [0.2, 0.25) is 0 Å². The zero-order valence-electron chi connectivity index (χ0n) is 9.45. The number of methoxy groups -OCH3 is 1. The van der Waals surface area contributed by atoms with Crippen LogP contribution in [-0.4, -0.2) is 18.2 Å². The van der Waals surface area contributed by atoms with Crippen LogP contribution < -0.4 is 0 Å². The van der Waals surface area contributed by atoms with E-state index in [1.807, 2.05) is 0 Å². The molecule has 0 saturated carbocycles. The Kier molecular flexibility index (Phi) is 2.98. The van der Waals surface area contributed by atoms with Gasteiger partial charge in [-0.05, 0) is 12.1 Å². The van der Waals surface area contributed by atoms with Crippen molar-refractivity contribution < 1.29 is 19.1 Å². The summed E-state index contributed by atoms with van der Waals surface area (Å²) >= 11 is 0.